The maximum absolute atomic E-state index is 13.8. The van der Waals surface area contributed by atoms with Gasteiger partial charge < -0.3 is 80.2 Å². The molecule has 1 aliphatic rings. The number of fused-ring (bicyclic) bond motifs is 1. The first-order valence-corrected chi connectivity index (χ1v) is 22.0. The number of likely N-dealkylation sites (tertiary alicyclic amines) is 1. The number of nitrogens with zero attached hydrogens (tertiary/aromatic N) is 1. The number of carboxylic acids is 1. The number of rotatable bonds is 28. The summed E-state index contributed by atoms with van der Waals surface area (Å²) in [6.07, 6.45) is 1.61. The lowest BCUT2D eigenvalue weighted by atomic mass is 10.0. The molecule has 26 nitrogen and oxygen atoms in total. The van der Waals surface area contributed by atoms with Crippen molar-refractivity contribution in [1.82, 2.24) is 47.1 Å². The summed E-state index contributed by atoms with van der Waals surface area (Å²) in [7, 11) is 0. The van der Waals surface area contributed by atoms with Gasteiger partial charge in [0.15, 0.2) is 0 Å². The zero-order valence-corrected chi connectivity index (χ0v) is 37.8. The second-order valence-corrected chi connectivity index (χ2v) is 16.3. The Hall–Kier alpha value is -7.19. The highest BCUT2D eigenvalue weighted by Crippen LogP contribution is 2.21. The molecular weight excluding hydrogens is 895 g/mol. The molecule has 18 N–H and O–H groups in total. The van der Waals surface area contributed by atoms with Gasteiger partial charge in [-0.15, -0.1) is 0 Å². The van der Waals surface area contributed by atoms with E-state index in [1.54, 1.807) is 18.3 Å². The summed E-state index contributed by atoms with van der Waals surface area (Å²) in [6.45, 7) is 1.28. The molecule has 10 amide bonds. The summed E-state index contributed by atoms with van der Waals surface area (Å²) >= 11 is 0. The van der Waals surface area contributed by atoms with Gasteiger partial charge in [-0.25, -0.2) is 4.79 Å². The van der Waals surface area contributed by atoms with Gasteiger partial charge in [-0.1, -0.05) is 18.2 Å². The predicted octanol–water partition coefficient (Wildman–Crippen LogP) is -5.56. The average molecular weight is 958 g/mol. The van der Waals surface area contributed by atoms with Crippen molar-refractivity contribution in [2.75, 3.05) is 26.2 Å². The summed E-state index contributed by atoms with van der Waals surface area (Å²) in [5, 5.41) is 37.6. The van der Waals surface area contributed by atoms with Crippen molar-refractivity contribution < 1.29 is 63.0 Å². The van der Waals surface area contributed by atoms with E-state index in [-0.39, 0.29) is 45.2 Å². The Balaban J connectivity index is 1.63. The third-order valence-corrected chi connectivity index (χ3v) is 10.9. The number of hydrogen-bond acceptors (Lipinski definition) is 14. The number of benzene rings is 1. The zero-order chi connectivity index (χ0) is 50.7. The molecule has 3 rings (SSSR count). The molecule has 374 valence electrons. The van der Waals surface area contributed by atoms with Crippen molar-refractivity contribution in [3.8, 4) is 0 Å². The number of nitrogens with two attached hydrogens (primary N) is 4. The van der Waals surface area contributed by atoms with Gasteiger partial charge >= 0.3 is 5.97 Å². The highest BCUT2D eigenvalue weighted by molar-refractivity contribution is 5.98. The fraction of sp³-hybridized carbons (Fsp3) is 0.548. The highest BCUT2D eigenvalue weighted by Gasteiger charge is 2.40. The Morgan fingerprint density at radius 3 is 2.01 bits per heavy atom. The molecule has 8 atom stereocenters. The van der Waals surface area contributed by atoms with Crippen LogP contribution in [-0.2, 0) is 59.2 Å². The van der Waals surface area contributed by atoms with Crippen molar-refractivity contribution in [2.24, 2.45) is 22.9 Å². The van der Waals surface area contributed by atoms with Crippen LogP contribution in [0, 0.1) is 0 Å². The SMILES string of the molecule is C[C@H](NC(=O)[C@H](C)NC(=O)[C@H](CCC(N)=O)NC(=O)[C@@H]1CCCN1C(=O)[C@H](CO)NC(=O)[C@H](CCCCN)NC(=O)CNC(=O)[C@@H](N)CC(N)=O)C(=O)N[C@@H](Cc1c[nH]c2ccccc12)C(=O)O. The number of unbranched alkanes of at least 4 members (excludes halogenated alkanes) is 1. The van der Waals surface area contributed by atoms with Crippen LogP contribution in [0.15, 0.2) is 30.5 Å². The summed E-state index contributed by atoms with van der Waals surface area (Å²) in [4.78, 5) is 145. The van der Waals surface area contributed by atoms with Gasteiger partial charge in [0.25, 0.3) is 0 Å². The van der Waals surface area contributed by atoms with Crippen LogP contribution in [0.3, 0.4) is 0 Å². The van der Waals surface area contributed by atoms with Gasteiger partial charge in [0.1, 0.15) is 42.3 Å². The van der Waals surface area contributed by atoms with E-state index in [4.69, 9.17) is 22.9 Å². The van der Waals surface area contributed by atoms with E-state index in [1.165, 1.54) is 13.8 Å². The Bertz CT molecular complexity index is 2170. The monoisotopic (exact) mass is 957 g/mol. The molecule has 0 radical (unpaired) electrons. The van der Waals surface area contributed by atoms with E-state index in [0.717, 1.165) is 15.8 Å². The standard InChI is InChI=1S/C42H63N13O13/c1-21(35(60)49-22(2)36(61)53-29(42(67)68)16-23-18-47-26-9-4-3-8-24(23)26)50-38(63)28(12-13-32(45)57)52-40(65)31-11-7-15-55(31)41(66)30(20-56)54-39(64)27(10-5-6-14-43)51-34(59)19-48-37(62)25(44)17-33(46)58/h3-4,8-9,18,21-22,25,27-31,47,56H,5-7,10-17,19-20,43-44H2,1-2H3,(H2,45,57)(H2,46,58)(H,48,62)(H,49,60)(H,50,63)(H,51,59)(H,52,65)(H,53,61)(H,54,64)(H,67,68)/t21-,22-,25-,27-,28-,29-,30-,31-/m0/s1. The molecule has 1 aromatic carbocycles. The fourth-order valence-electron chi connectivity index (χ4n) is 7.20. The van der Waals surface area contributed by atoms with E-state index in [2.05, 4.69) is 42.2 Å². The summed E-state index contributed by atoms with van der Waals surface area (Å²) in [5.41, 5.74) is 23.0. The number of primary amides is 2. The number of carbonyl (C=O) groups excluding carboxylic acids is 10. The maximum Gasteiger partial charge on any atom is 0.326 e. The number of aliphatic carboxylic acids is 1. The van der Waals surface area contributed by atoms with Gasteiger partial charge in [-0.05, 0) is 70.5 Å². The van der Waals surface area contributed by atoms with Crippen molar-refractivity contribution in [2.45, 2.75) is 120 Å². The number of aromatic nitrogens is 1. The van der Waals surface area contributed by atoms with Gasteiger partial charge in [0.2, 0.25) is 59.1 Å². The van der Waals surface area contributed by atoms with Crippen molar-refractivity contribution in [3.05, 3.63) is 36.0 Å². The molecule has 0 spiro atoms. The smallest absolute Gasteiger partial charge is 0.326 e. The predicted molar refractivity (Wildman–Crippen MR) is 241 cm³/mol. The summed E-state index contributed by atoms with van der Waals surface area (Å²) in [6, 6.07) is -3.65. The number of aliphatic hydroxyl groups is 1. The topological polar surface area (TPSA) is 436 Å². The van der Waals surface area contributed by atoms with Crippen LogP contribution in [-0.4, -0.2) is 160 Å². The number of H-pyrrole nitrogens is 1. The lowest BCUT2D eigenvalue weighted by molar-refractivity contribution is -0.143. The molecule has 0 aliphatic carbocycles. The minimum absolute atomic E-state index is 0.00506. The number of carbonyl (C=O) groups is 11. The number of aliphatic hydroxyl groups excluding tert-OH is 1. The van der Waals surface area contributed by atoms with Crippen molar-refractivity contribution in [1.29, 1.82) is 0 Å². The normalized spacial score (nSPS) is 16.4. The van der Waals surface area contributed by atoms with E-state index in [9.17, 15) is 63.0 Å². The minimum atomic E-state index is -1.61. The molecule has 1 fully saturated rings. The van der Waals surface area contributed by atoms with Crippen LogP contribution >= 0.6 is 0 Å². The molecule has 0 unspecified atom stereocenters. The van der Waals surface area contributed by atoms with E-state index >= 15 is 0 Å². The molecule has 2 aromatic rings. The van der Waals surface area contributed by atoms with Crippen LogP contribution < -0.4 is 60.2 Å². The Morgan fingerprint density at radius 2 is 1.38 bits per heavy atom. The molecule has 68 heavy (non-hydrogen) atoms. The molecule has 2 heterocycles. The molecule has 1 aliphatic heterocycles. The maximum atomic E-state index is 13.8. The summed E-state index contributed by atoms with van der Waals surface area (Å²) < 4.78 is 0. The van der Waals surface area contributed by atoms with Crippen molar-refractivity contribution in [3.63, 3.8) is 0 Å². The second-order valence-electron chi connectivity index (χ2n) is 16.3. The number of amides is 10. The number of para-hydroxylation sites is 1. The van der Waals surface area contributed by atoms with Gasteiger partial charge in [-0.2, -0.15) is 0 Å². The third kappa shape index (κ3) is 16.9. The Labute approximate surface area is 390 Å². The first-order valence-electron chi connectivity index (χ1n) is 22.0. The molecular formula is C42H63N13O13. The lowest BCUT2D eigenvalue weighted by Crippen LogP contribution is -2.60. The minimum Gasteiger partial charge on any atom is -0.480 e. The fourth-order valence-corrected chi connectivity index (χ4v) is 7.20. The van der Waals surface area contributed by atoms with Crippen LogP contribution in [0.25, 0.3) is 10.9 Å². The first kappa shape index (κ1) is 55.1. The second kappa shape index (κ2) is 26.8. The number of carboxylic acid groups (broad SMARTS) is 1. The van der Waals surface area contributed by atoms with Crippen LogP contribution in [0.4, 0.5) is 0 Å². The Morgan fingerprint density at radius 1 is 0.765 bits per heavy atom. The van der Waals surface area contributed by atoms with Crippen LogP contribution in [0.5, 0.6) is 0 Å². The highest BCUT2D eigenvalue weighted by atomic mass is 16.4. The van der Waals surface area contributed by atoms with Gasteiger partial charge in [0, 0.05) is 36.5 Å². The molecule has 1 saturated heterocycles. The van der Waals surface area contributed by atoms with Gasteiger partial charge in [0.05, 0.1) is 25.6 Å². The average Bonchev–Trinajstić information content (AvgIpc) is 3.95. The first-order chi connectivity index (χ1) is 32.2. The lowest BCUT2D eigenvalue weighted by Gasteiger charge is -2.30. The quantitative estimate of drug-likeness (QED) is 0.0354. The Kier molecular flexibility index (Phi) is 21.8. The molecule has 1 aromatic heterocycles. The molecule has 26 heteroatoms. The largest absolute Gasteiger partial charge is 0.480 e. The number of aromatic amines is 1. The number of nitrogens with one attached hydrogen (secondary N) is 8. The zero-order valence-electron chi connectivity index (χ0n) is 37.8. The van der Waals surface area contributed by atoms with E-state index < -0.39 is 133 Å². The van der Waals surface area contributed by atoms with Crippen LogP contribution in [0.2, 0.25) is 0 Å². The van der Waals surface area contributed by atoms with E-state index in [0.29, 0.717) is 24.8 Å². The van der Waals surface area contributed by atoms with Crippen LogP contribution in [0.1, 0.15) is 70.8 Å². The number of hydrogen-bond donors (Lipinski definition) is 14. The third-order valence-electron chi connectivity index (χ3n) is 10.9. The van der Waals surface area contributed by atoms with E-state index in [1.807, 2.05) is 12.1 Å². The van der Waals surface area contributed by atoms with Gasteiger partial charge in [-0.3, -0.25) is 47.9 Å². The molecule has 0 saturated carbocycles. The molecule has 0 bridgehead atoms. The van der Waals surface area contributed by atoms with Crippen molar-refractivity contribution >= 4 is 75.9 Å². The summed E-state index contributed by atoms with van der Waals surface area (Å²) in [5.74, 6) is -9.88.